The lowest BCUT2D eigenvalue weighted by Crippen LogP contribution is -2.49. The number of nitrogens with one attached hydrogen (secondary N) is 1. The first-order valence-electron chi connectivity index (χ1n) is 11.9. The van der Waals surface area contributed by atoms with Gasteiger partial charge in [0.15, 0.2) is 0 Å². The maximum absolute atomic E-state index is 11.3. The van der Waals surface area contributed by atoms with Gasteiger partial charge in [0.05, 0.1) is 6.04 Å². The molecule has 2 heterocycles. The summed E-state index contributed by atoms with van der Waals surface area (Å²) in [5.41, 5.74) is 2.61. The molecule has 2 bridgehead atoms. The number of fused-ring (bicyclic) bond motifs is 2. The second-order valence-corrected chi connectivity index (χ2v) is 8.85. The molecule has 0 radical (unpaired) electrons. The molecule has 0 amide bonds. The summed E-state index contributed by atoms with van der Waals surface area (Å²) < 4.78 is 17.6. The fourth-order valence-electron chi connectivity index (χ4n) is 5.30. The van der Waals surface area contributed by atoms with Gasteiger partial charge < -0.3 is 19.5 Å². The number of carbonyl (C=O) groups is 2. The van der Waals surface area contributed by atoms with E-state index in [0.717, 1.165) is 28.0 Å². The summed E-state index contributed by atoms with van der Waals surface area (Å²) in [4.78, 5) is 22.5. The van der Waals surface area contributed by atoms with Gasteiger partial charge in [-0.1, -0.05) is 78.9 Å². The zero-order valence-electron chi connectivity index (χ0n) is 19.7. The van der Waals surface area contributed by atoms with Crippen LogP contribution < -0.4 is 5.32 Å². The van der Waals surface area contributed by atoms with Gasteiger partial charge in [-0.25, -0.2) is 0 Å². The van der Waals surface area contributed by atoms with Crippen LogP contribution in [0.2, 0.25) is 0 Å². The Morgan fingerprint density at radius 2 is 1.33 bits per heavy atom. The predicted octanol–water partition coefficient (Wildman–Crippen LogP) is 4.59. The van der Waals surface area contributed by atoms with E-state index in [1.54, 1.807) is 0 Å². The number of anilines is 1. The first kappa shape index (κ1) is 23.6. The third-order valence-corrected chi connectivity index (χ3v) is 6.89. The van der Waals surface area contributed by atoms with Crippen LogP contribution in [0.4, 0.5) is 5.69 Å². The van der Waals surface area contributed by atoms with Crippen molar-refractivity contribution in [3.05, 3.63) is 125 Å². The minimum absolute atomic E-state index is 0.0156. The molecule has 5 rings (SSSR count). The van der Waals surface area contributed by atoms with Crippen LogP contribution in [0.5, 0.6) is 0 Å². The molecule has 0 saturated carbocycles. The van der Waals surface area contributed by atoms with Gasteiger partial charge in [0.25, 0.3) is 12.9 Å². The summed E-state index contributed by atoms with van der Waals surface area (Å²) in [7, 11) is 0. The van der Waals surface area contributed by atoms with Crippen molar-refractivity contribution in [3.8, 4) is 0 Å². The van der Waals surface area contributed by atoms with Crippen molar-refractivity contribution >= 4 is 18.6 Å². The molecule has 1 N–H and O–H groups in total. The molecule has 3 atom stereocenters. The van der Waals surface area contributed by atoms with Crippen molar-refractivity contribution in [3.63, 3.8) is 0 Å². The number of ether oxygens (including phenoxy) is 3. The molecule has 0 aliphatic carbocycles. The molecule has 182 valence electrons. The van der Waals surface area contributed by atoms with Gasteiger partial charge in [-0.05, 0) is 41.8 Å². The molecule has 36 heavy (non-hydrogen) atoms. The van der Waals surface area contributed by atoms with E-state index in [0.29, 0.717) is 19.4 Å². The fraction of sp³-hybridized carbons (Fsp3) is 0.200. The standard InChI is InChI=1S/C30H27NO5/c32-21-34-19-26-27(20-35-22-33)30(17-16-29(26,36-30)24-12-6-2-7-13-24)28(18-23-10-4-1-5-11-23)31-25-14-8-3-9-15-25/h1-17,21-22,28,31H,18-20H2. The zero-order chi connectivity index (χ0) is 24.8. The fourth-order valence-corrected chi connectivity index (χ4v) is 5.30. The second-order valence-electron chi connectivity index (χ2n) is 8.85. The van der Waals surface area contributed by atoms with Gasteiger partial charge in [0.1, 0.15) is 24.4 Å². The number of hydrogen-bond donors (Lipinski definition) is 1. The molecule has 2 aliphatic heterocycles. The smallest absolute Gasteiger partial charge is 0.293 e. The van der Waals surface area contributed by atoms with E-state index in [-0.39, 0.29) is 19.3 Å². The zero-order valence-corrected chi connectivity index (χ0v) is 19.7. The van der Waals surface area contributed by atoms with E-state index in [9.17, 15) is 9.59 Å². The third kappa shape index (κ3) is 4.20. The second kappa shape index (κ2) is 10.2. The highest BCUT2D eigenvalue weighted by atomic mass is 16.6. The lowest BCUT2D eigenvalue weighted by atomic mass is 9.75. The summed E-state index contributed by atoms with van der Waals surface area (Å²) in [5, 5.41) is 3.67. The molecular formula is C30H27NO5. The molecule has 3 unspecified atom stereocenters. The number of carbonyl (C=O) groups excluding carboxylic acids is 2. The molecule has 0 spiro atoms. The Balaban J connectivity index is 1.65. The topological polar surface area (TPSA) is 73.9 Å². The van der Waals surface area contributed by atoms with Crippen molar-refractivity contribution in [2.45, 2.75) is 23.7 Å². The molecule has 0 aromatic heterocycles. The van der Waals surface area contributed by atoms with Crippen molar-refractivity contribution < 1.29 is 23.8 Å². The van der Waals surface area contributed by atoms with Crippen LogP contribution in [0.3, 0.4) is 0 Å². The van der Waals surface area contributed by atoms with Crippen molar-refractivity contribution in [1.29, 1.82) is 0 Å². The van der Waals surface area contributed by atoms with Crippen molar-refractivity contribution in [1.82, 2.24) is 0 Å². The molecular weight excluding hydrogens is 454 g/mol. The summed E-state index contributed by atoms with van der Waals surface area (Å²) in [5.74, 6) is 0. The summed E-state index contributed by atoms with van der Waals surface area (Å²) >= 11 is 0. The average molecular weight is 482 g/mol. The molecule has 0 saturated heterocycles. The van der Waals surface area contributed by atoms with Crippen LogP contribution >= 0.6 is 0 Å². The highest BCUT2D eigenvalue weighted by molar-refractivity contribution is 5.60. The Kier molecular flexibility index (Phi) is 6.69. The van der Waals surface area contributed by atoms with Gasteiger partial charge in [0.2, 0.25) is 0 Å². The molecule has 3 aromatic rings. The Hall–Kier alpha value is -4.16. The van der Waals surface area contributed by atoms with Crippen LogP contribution in [0.15, 0.2) is 114 Å². The summed E-state index contributed by atoms with van der Waals surface area (Å²) in [6, 6.07) is 29.7. The number of para-hydroxylation sites is 1. The third-order valence-electron chi connectivity index (χ3n) is 6.89. The SMILES string of the molecule is O=COCC1=C(COC=O)C2(C(Cc3ccccc3)Nc3ccccc3)C=CC1(c1ccccc1)O2. The first-order valence-corrected chi connectivity index (χ1v) is 11.9. The maximum atomic E-state index is 11.3. The van der Waals surface area contributed by atoms with Crippen LogP contribution in [0.25, 0.3) is 0 Å². The summed E-state index contributed by atoms with van der Waals surface area (Å²) in [6.45, 7) is 0.893. The molecule has 3 aromatic carbocycles. The van der Waals surface area contributed by atoms with Gasteiger partial charge in [0, 0.05) is 16.8 Å². The van der Waals surface area contributed by atoms with Crippen LogP contribution in [0, 0.1) is 0 Å². The lowest BCUT2D eigenvalue weighted by molar-refractivity contribution is -0.129. The average Bonchev–Trinajstić information content (AvgIpc) is 3.46. The Morgan fingerprint density at radius 1 is 0.750 bits per heavy atom. The van der Waals surface area contributed by atoms with Crippen LogP contribution in [-0.4, -0.2) is 37.8 Å². The summed E-state index contributed by atoms with van der Waals surface area (Å²) in [6.07, 6.45) is 4.72. The predicted molar refractivity (Wildman–Crippen MR) is 136 cm³/mol. The van der Waals surface area contributed by atoms with Crippen LogP contribution in [0.1, 0.15) is 11.1 Å². The molecule has 0 fully saturated rings. The van der Waals surface area contributed by atoms with Crippen molar-refractivity contribution in [2.75, 3.05) is 18.5 Å². The minimum atomic E-state index is -0.952. The molecule has 2 aliphatic rings. The van der Waals surface area contributed by atoms with E-state index < -0.39 is 11.2 Å². The monoisotopic (exact) mass is 481 g/mol. The van der Waals surface area contributed by atoms with E-state index in [1.807, 2.05) is 84.9 Å². The van der Waals surface area contributed by atoms with Gasteiger partial charge in [-0.3, -0.25) is 9.59 Å². The van der Waals surface area contributed by atoms with Crippen molar-refractivity contribution in [2.24, 2.45) is 0 Å². The van der Waals surface area contributed by atoms with Gasteiger partial charge in [-0.2, -0.15) is 0 Å². The van der Waals surface area contributed by atoms with E-state index in [2.05, 4.69) is 23.5 Å². The Bertz CT molecular complexity index is 1220. The quantitative estimate of drug-likeness (QED) is 0.301. The minimum Gasteiger partial charge on any atom is -0.463 e. The highest BCUT2D eigenvalue weighted by Gasteiger charge is 2.61. The Morgan fingerprint density at radius 3 is 1.97 bits per heavy atom. The van der Waals surface area contributed by atoms with Gasteiger partial charge in [-0.15, -0.1) is 0 Å². The number of rotatable bonds is 12. The first-order chi connectivity index (χ1) is 17.7. The molecule has 6 heteroatoms. The van der Waals surface area contributed by atoms with E-state index >= 15 is 0 Å². The van der Waals surface area contributed by atoms with E-state index in [1.165, 1.54) is 0 Å². The Labute approximate surface area is 210 Å². The van der Waals surface area contributed by atoms with E-state index in [4.69, 9.17) is 14.2 Å². The number of hydrogen-bond acceptors (Lipinski definition) is 6. The lowest BCUT2D eigenvalue weighted by Gasteiger charge is -2.37. The largest absolute Gasteiger partial charge is 0.463 e. The van der Waals surface area contributed by atoms with Crippen LogP contribution in [-0.2, 0) is 35.8 Å². The highest BCUT2D eigenvalue weighted by Crippen LogP contribution is 2.57. The number of benzene rings is 3. The normalized spacial score (nSPS) is 22.8. The van der Waals surface area contributed by atoms with Gasteiger partial charge >= 0.3 is 0 Å². The molecule has 6 nitrogen and oxygen atoms in total. The maximum Gasteiger partial charge on any atom is 0.293 e.